The molecule has 0 bridgehead atoms. The van der Waals surface area contributed by atoms with Gasteiger partial charge in [0.2, 0.25) is 10.0 Å². The van der Waals surface area contributed by atoms with Crippen molar-refractivity contribution in [2.75, 3.05) is 46.0 Å². The van der Waals surface area contributed by atoms with Crippen LogP contribution in [0.5, 0.6) is 0 Å². The summed E-state index contributed by atoms with van der Waals surface area (Å²) >= 11 is 0. The monoisotopic (exact) mass is 249 g/mol. The molecular weight excluding hydrogens is 226 g/mol. The van der Waals surface area contributed by atoms with E-state index in [1.165, 1.54) is 4.31 Å². The third-order valence-corrected chi connectivity index (χ3v) is 5.05. The smallest absolute Gasteiger partial charge is 0.215 e. The van der Waals surface area contributed by atoms with Crippen molar-refractivity contribution in [3.63, 3.8) is 0 Å². The molecule has 0 atom stereocenters. The van der Waals surface area contributed by atoms with Crippen molar-refractivity contribution in [1.82, 2.24) is 9.21 Å². The van der Waals surface area contributed by atoms with Crippen LogP contribution in [0.4, 0.5) is 0 Å². The summed E-state index contributed by atoms with van der Waals surface area (Å²) in [6, 6.07) is 0. The van der Waals surface area contributed by atoms with E-state index in [0.29, 0.717) is 12.5 Å². The number of piperidine rings is 1. The van der Waals surface area contributed by atoms with Crippen molar-refractivity contribution in [3.05, 3.63) is 0 Å². The zero-order valence-electron chi connectivity index (χ0n) is 10.2. The number of rotatable bonds is 5. The summed E-state index contributed by atoms with van der Waals surface area (Å²) in [5.74, 6) is 0.546. The summed E-state index contributed by atoms with van der Waals surface area (Å²) in [4.78, 5) is 2.28. The summed E-state index contributed by atoms with van der Waals surface area (Å²) in [7, 11) is 0.630. The number of nitrogens with two attached hydrogens (primary N) is 1. The molecule has 5 nitrogen and oxygen atoms in total. The molecule has 0 unspecified atom stereocenters. The van der Waals surface area contributed by atoms with E-state index in [-0.39, 0.29) is 12.3 Å². The van der Waals surface area contributed by atoms with Gasteiger partial charge in [-0.15, -0.1) is 0 Å². The van der Waals surface area contributed by atoms with Crippen LogP contribution in [0.15, 0.2) is 0 Å². The summed E-state index contributed by atoms with van der Waals surface area (Å²) < 4.78 is 24.9. The first-order valence-electron chi connectivity index (χ1n) is 5.78. The van der Waals surface area contributed by atoms with Gasteiger partial charge in [-0.25, -0.2) is 12.7 Å². The van der Waals surface area contributed by atoms with Crippen LogP contribution in [-0.2, 0) is 10.0 Å². The lowest BCUT2D eigenvalue weighted by Crippen LogP contribution is -2.39. The van der Waals surface area contributed by atoms with Crippen molar-refractivity contribution in [1.29, 1.82) is 0 Å². The van der Waals surface area contributed by atoms with Crippen LogP contribution in [0.3, 0.4) is 0 Å². The Balaban J connectivity index is 2.42. The van der Waals surface area contributed by atoms with Gasteiger partial charge in [-0.3, -0.25) is 0 Å². The molecule has 0 aromatic carbocycles. The van der Waals surface area contributed by atoms with Gasteiger partial charge in [-0.05, 0) is 38.9 Å². The van der Waals surface area contributed by atoms with E-state index >= 15 is 0 Å². The second-order valence-electron chi connectivity index (χ2n) is 4.63. The largest absolute Gasteiger partial charge is 0.329 e. The van der Waals surface area contributed by atoms with Crippen LogP contribution in [-0.4, -0.2) is 63.7 Å². The lowest BCUT2D eigenvalue weighted by atomic mass is 9.97. The van der Waals surface area contributed by atoms with Crippen LogP contribution in [0, 0.1) is 5.92 Å². The van der Waals surface area contributed by atoms with E-state index in [1.807, 2.05) is 0 Å². The van der Waals surface area contributed by atoms with Gasteiger partial charge in [0.05, 0.1) is 5.75 Å². The van der Waals surface area contributed by atoms with E-state index < -0.39 is 10.0 Å². The Hall–Kier alpha value is -0.170. The van der Waals surface area contributed by atoms with Crippen molar-refractivity contribution >= 4 is 10.0 Å². The fourth-order valence-corrected chi connectivity index (χ4v) is 3.07. The molecule has 1 rings (SSSR count). The van der Waals surface area contributed by atoms with Crippen LogP contribution >= 0.6 is 0 Å². The average molecular weight is 249 g/mol. The van der Waals surface area contributed by atoms with E-state index in [0.717, 1.165) is 25.9 Å². The highest BCUT2D eigenvalue weighted by Crippen LogP contribution is 2.17. The third kappa shape index (κ3) is 4.01. The standard InChI is InChI=1S/C10H23N3O2S/c1-12-6-3-10(4-7-12)9-13(2)16(14,15)8-5-11/h10H,3-9,11H2,1-2H3. The highest BCUT2D eigenvalue weighted by molar-refractivity contribution is 7.89. The first-order valence-corrected chi connectivity index (χ1v) is 7.39. The lowest BCUT2D eigenvalue weighted by molar-refractivity contribution is 0.202. The van der Waals surface area contributed by atoms with Gasteiger partial charge in [0.25, 0.3) is 0 Å². The van der Waals surface area contributed by atoms with Gasteiger partial charge in [0.15, 0.2) is 0 Å². The van der Waals surface area contributed by atoms with Crippen molar-refractivity contribution in [3.8, 4) is 0 Å². The fraction of sp³-hybridized carbons (Fsp3) is 1.00. The molecule has 1 saturated heterocycles. The second-order valence-corrected chi connectivity index (χ2v) is 6.83. The maximum atomic E-state index is 11.7. The molecular formula is C10H23N3O2S. The summed E-state index contributed by atoms with van der Waals surface area (Å²) in [6.07, 6.45) is 2.16. The number of hydrogen-bond acceptors (Lipinski definition) is 4. The molecule has 1 aliphatic heterocycles. The predicted molar refractivity (Wildman–Crippen MR) is 65.7 cm³/mol. The predicted octanol–water partition coefficient (Wildman–Crippen LogP) is -0.451. The first kappa shape index (κ1) is 13.9. The highest BCUT2D eigenvalue weighted by Gasteiger charge is 2.23. The molecule has 16 heavy (non-hydrogen) atoms. The number of likely N-dealkylation sites (tertiary alicyclic amines) is 1. The Morgan fingerprint density at radius 1 is 1.38 bits per heavy atom. The Bertz CT molecular complexity index is 297. The Morgan fingerprint density at radius 2 is 1.94 bits per heavy atom. The molecule has 0 radical (unpaired) electrons. The SMILES string of the molecule is CN1CCC(CN(C)S(=O)(=O)CCN)CC1. The molecule has 0 spiro atoms. The molecule has 0 aromatic heterocycles. The molecule has 0 amide bonds. The topological polar surface area (TPSA) is 66.6 Å². The molecule has 1 fully saturated rings. The van der Waals surface area contributed by atoms with Gasteiger partial charge in [-0.2, -0.15) is 0 Å². The minimum atomic E-state index is -3.13. The number of sulfonamides is 1. The van der Waals surface area contributed by atoms with Gasteiger partial charge >= 0.3 is 0 Å². The Kier molecular flexibility index (Phi) is 5.17. The molecule has 2 N–H and O–H groups in total. The molecule has 6 heteroatoms. The molecule has 1 aliphatic rings. The second kappa shape index (κ2) is 5.95. The van der Waals surface area contributed by atoms with Gasteiger partial charge in [-0.1, -0.05) is 0 Å². The molecule has 0 saturated carbocycles. The minimum absolute atomic E-state index is 0.0517. The van der Waals surface area contributed by atoms with Crippen LogP contribution < -0.4 is 5.73 Å². The maximum Gasteiger partial charge on any atom is 0.215 e. The van der Waals surface area contributed by atoms with E-state index in [4.69, 9.17) is 5.73 Å². The zero-order chi connectivity index (χ0) is 12.2. The zero-order valence-corrected chi connectivity index (χ0v) is 11.0. The van der Waals surface area contributed by atoms with Crippen molar-refractivity contribution in [2.24, 2.45) is 11.7 Å². The lowest BCUT2D eigenvalue weighted by Gasteiger charge is -2.31. The number of hydrogen-bond donors (Lipinski definition) is 1. The van der Waals surface area contributed by atoms with E-state index in [9.17, 15) is 8.42 Å². The molecule has 0 aliphatic carbocycles. The Morgan fingerprint density at radius 3 is 2.44 bits per heavy atom. The highest BCUT2D eigenvalue weighted by atomic mass is 32.2. The molecule has 1 heterocycles. The van der Waals surface area contributed by atoms with Crippen molar-refractivity contribution in [2.45, 2.75) is 12.8 Å². The van der Waals surface area contributed by atoms with Crippen LogP contribution in [0.2, 0.25) is 0 Å². The van der Waals surface area contributed by atoms with Gasteiger partial charge in [0.1, 0.15) is 0 Å². The summed E-state index contributed by atoms with van der Waals surface area (Å²) in [5.41, 5.74) is 5.29. The van der Waals surface area contributed by atoms with Gasteiger partial charge < -0.3 is 10.6 Å². The minimum Gasteiger partial charge on any atom is -0.329 e. The van der Waals surface area contributed by atoms with E-state index in [2.05, 4.69) is 11.9 Å². The maximum absolute atomic E-state index is 11.7. The van der Waals surface area contributed by atoms with Crippen LogP contribution in [0.25, 0.3) is 0 Å². The fourth-order valence-electron chi connectivity index (χ4n) is 2.03. The third-order valence-electron chi connectivity index (χ3n) is 3.20. The van der Waals surface area contributed by atoms with E-state index in [1.54, 1.807) is 7.05 Å². The molecule has 0 aromatic rings. The van der Waals surface area contributed by atoms with Gasteiger partial charge in [0, 0.05) is 20.1 Å². The number of nitrogens with zero attached hydrogens (tertiary/aromatic N) is 2. The van der Waals surface area contributed by atoms with Crippen molar-refractivity contribution < 1.29 is 8.42 Å². The first-order chi connectivity index (χ1) is 7.45. The van der Waals surface area contributed by atoms with Crippen LogP contribution in [0.1, 0.15) is 12.8 Å². The summed E-state index contributed by atoms with van der Waals surface area (Å²) in [5, 5.41) is 0. The molecule has 96 valence electrons. The normalized spacial score (nSPS) is 20.5. The average Bonchev–Trinajstić information content (AvgIpc) is 2.21. The summed E-state index contributed by atoms with van der Waals surface area (Å²) in [6.45, 7) is 2.96. The quantitative estimate of drug-likeness (QED) is 0.716. The Labute approximate surface area is 98.6 Å².